The predicted octanol–water partition coefficient (Wildman–Crippen LogP) is 13.1. The number of rotatable bonds is 14. The first-order valence-electron chi connectivity index (χ1n) is 15.3. The fourth-order valence-electron chi connectivity index (χ4n) is 4.60. The first-order valence-corrected chi connectivity index (χ1v) is 15.3. The third-order valence-corrected chi connectivity index (χ3v) is 7.03. The van der Waals surface area contributed by atoms with E-state index < -0.39 is 0 Å². The minimum absolute atomic E-state index is 0. The SMILES string of the molecule is C.CCC.CCCC(C)C.CCCC1CC(CC)C1.CCCCCC(CCCC)C(C)CC. The maximum absolute atomic E-state index is 2.44. The second-order valence-electron chi connectivity index (χ2n) is 11.1. The normalized spacial score (nSPS) is 18.2. The zero-order chi connectivity index (χ0) is 25.2. The summed E-state index contributed by atoms with van der Waals surface area (Å²) in [6, 6.07) is 0. The molecule has 0 bridgehead atoms. The molecule has 1 aliphatic carbocycles. The molecule has 0 amide bonds. The number of hydrogen-bond donors (Lipinski definition) is 0. The number of unbranched alkanes of at least 4 members (excludes halogenated alkanes) is 3. The van der Waals surface area contributed by atoms with Crippen LogP contribution in [0.4, 0.5) is 0 Å². The summed E-state index contributed by atoms with van der Waals surface area (Å²) >= 11 is 0. The van der Waals surface area contributed by atoms with Gasteiger partial charge in [0.1, 0.15) is 0 Å². The van der Waals surface area contributed by atoms with E-state index in [1.807, 2.05) is 0 Å². The second kappa shape index (κ2) is 32.0. The Kier molecular flexibility index (Phi) is 39.0. The number of hydrogen-bond acceptors (Lipinski definition) is 0. The summed E-state index contributed by atoms with van der Waals surface area (Å²) in [6.45, 7) is 25.0. The van der Waals surface area contributed by atoms with Crippen molar-refractivity contribution in [2.24, 2.45) is 29.6 Å². The summed E-state index contributed by atoms with van der Waals surface area (Å²) < 4.78 is 0. The van der Waals surface area contributed by atoms with Crippen LogP contribution in [0.2, 0.25) is 0 Å². The van der Waals surface area contributed by atoms with Crippen LogP contribution in [0.25, 0.3) is 0 Å². The fraction of sp³-hybridized carbons (Fsp3) is 1.00. The van der Waals surface area contributed by atoms with Gasteiger partial charge in [-0.2, -0.15) is 0 Å². The van der Waals surface area contributed by atoms with Crippen LogP contribution in [-0.4, -0.2) is 0 Å². The molecule has 0 heterocycles. The zero-order valence-electron chi connectivity index (χ0n) is 25.2. The molecule has 0 aliphatic heterocycles. The Bertz CT molecular complexity index is 299. The van der Waals surface area contributed by atoms with E-state index >= 15 is 0 Å². The monoisotopic (exact) mass is 471 g/mol. The van der Waals surface area contributed by atoms with Crippen LogP contribution in [0.1, 0.15) is 186 Å². The quantitative estimate of drug-likeness (QED) is 0.221. The Balaban J connectivity index is -0.000000190. The zero-order valence-corrected chi connectivity index (χ0v) is 25.2. The second-order valence-corrected chi connectivity index (χ2v) is 11.1. The molecular formula is C33H74. The lowest BCUT2D eigenvalue weighted by atomic mass is 9.72. The molecule has 0 heteroatoms. The first kappa shape index (κ1) is 40.2. The van der Waals surface area contributed by atoms with E-state index in [4.69, 9.17) is 0 Å². The molecule has 0 aromatic rings. The van der Waals surface area contributed by atoms with Gasteiger partial charge in [-0.25, -0.2) is 0 Å². The van der Waals surface area contributed by atoms with Crippen molar-refractivity contribution in [3.05, 3.63) is 0 Å². The van der Waals surface area contributed by atoms with E-state index in [1.54, 1.807) is 0 Å². The Morgan fingerprint density at radius 2 is 1.12 bits per heavy atom. The van der Waals surface area contributed by atoms with Gasteiger partial charge in [0.05, 0.1) is 0 Å². The molecule has 0 N–H and O–H groups in total. The van der Waals surface area contributed by atoms with Crippen molar-refractivity contribution in [2.75, 3.05) is 0 Å². The highest BCUT2D eigenvalue weighted by atomic mass is 14.3. The van der Waals surface area contributed by atoms with Gasteiger partial charge in [0, 0.05) is 0 Å². The van der Waals surface area contributed by atoms with Gasteiger partial charge in [-0.05, 0) is 42.4 Å². The molecule has 1 saturated carbocycles. The van der Waals surface area contributed by atoms with E-state index in [0.29, 0.717) is 0 Å². The van der Waals surface area contributed by atoms with Gasteiger partial charge < -0.3 is 0 Å². The van der Waals surface area contributed by atoms with E-state index in [9.17, 15) is 0 Å². The van der Waals surface area contributed by atoms with Gasteiger partial charge >= 0.3 is 0 Å². The van der Waals surface area contributed by atoms with Crippen LogP contribution in [0, 0.1) is 29.6 Å². The van der Waals surface area contributed by atoms with E-state index in [-0.39, 0.29) is 7.43 Å². The molecule has 0 saturated heterocycles. The highest BCUT2D eigenvalue weighted by Gasteiger charge is 2.25. The van der Waals surface area contributed by atoms with Crippen LogP contribution in [0.5, 0.6) is 0 Å². The maximum Gasteiger partial charge on any atom is -0.0389 e. The lowest BCUT2D eigenvalue weighted by Crippen LogP contribution is -2.22. The van der Waals surface area contributed by atoms with Crippen molar-refractivity contribution in [1.29, 1.82) is 0 Å². The Morgan fingerprint density at radius 1 is 0.606 bits per heavy atom. The van der Waals surface area contributed by atoms with Crippen LogP contribution >= 0.6 is 0 Å². The van der Waals surface area contributed by atoms with Crippen LogP contribution in [0.15, 0.2) is 0 Å². The minimum Gasteiger partial charge on any atom is -0.0776 e. The van der Waals surface area contributed by atoms with Gasteiger partial charge in [0.15, 0.2) is 0 Å². The smallest absolute Gasteiger partial charge is 0.0389 e. The van der Waals surface area contributed by atoms with Gasteiger partial charge in [-0.1, -0.05) is 173 Å². The summed E-state index contributed by atoms with van der Waals surface area (Å²) in [6.07, 6.45) is 22.7. The molecule has 1 fully saturated rings. The van der Waals surface area contributed by atoms with Crippen molar-refractivity contribution in [3.8, 4) is 0 Å². The molecule has 0 nitrogen and oxygen atoms in total. The summed E-state index contributed by atoms with van der Waals surface area (Å²) in [7, 11) is 0. The first-order chi connectivity index (χ1) is 15.3. The van der Waals surface area contributed by atoms with Crippen LogP contribution in [0.3, 0.4) is 0 Å². The maximum atomic E-state index is 2.44. The van der Waals surface area contributed by atoms with Crippen molar-refractivity contribution >= 4 is 0 Å². The molecule has 0 aromatic carbocycles. The third kappa shape index (κ3) is 30.0. The highest BCUT2D eigenvalue weighted by Crippen LogP contribution is 2.38. The molecule has 1 aliphatic rings. The minimum atomic E-state index is 0. The van der Waals surface area contributed by atoms with Crippen LogP contribution < -0.4 is 0 Å². The topological polar surface area (TPSA) is 0 Å². The Labute approximate surface area is 215 Å². The highest BCUT2D eigenvalue weighted by molar-refractivity contribution is 4.77. The fourth-order valence-corrected chi connectivity index (χ4v) is 4.60. The summed E-state index contributed by atoms with van der Waals surface area (Å²) in [4.78, 5) is 0. The van der Waals surface area contributed by atoms with Crippen molar-refractivity contribution < 1.29 is 0 Å². The van der Waals surface area contributed by atoms with Gasteiger partial charge in [-0.15, -0.1) is 0 Å². The third-order valence-electron chi connectivity index (χ3n) is 7.03. The molecular weight excluding hydrogens is 396 g/mol. The summed E-state index contributed by atoms with van der Waals surface area (Å²) in [5.41, 5.74) is 0. The average Bonchev–Trinajstić information content (AvgIpc) is 2.73. The van der Waals surface area contributed by atoms with Gasteiger partial charge in [0.25, 0.3) is 0 Å². The lowest BCUT2D eigenvalue weighted by Gasteiger charge is -2.34. The van der Waals surface area contributed by atoms with Gasteiger partial charge in [-0.3, -0.25) is 0 Å². The molecule has 2 unspecified atom stereocenters. The van der Waals surface area contributed by atoms with Crippen LogP contribution in [-0.2, 0) is 0 Å². The standard InChI is InChI=1S/C14H30.C9H18.C6H14.C3H8.CH4/c1-5-8-10-12-14(11-9-6-2)13(4)7-3;1-3-5-9-6-8(4-2)7-9;1-4-5-6(2)3;1-3-2;/h13-14H,5-12H2,1-4H3;8-9H,3-7H2,1-2H3;6H,4-5H2,1-3H3;3H2,1-2H3;1H4. The lowest BCUT2D eigenvalue weighted by molar-refractivity contribution is 0.176. The largest absolute Gasteiger partial charge is 0.0776 e. The molecule has 206 valence electrons. The molecule has 0 radical (unpaired) electrons. The molecule has 1 rings (SSSR count). The Morgan fingerprint density at radius 3 is 1.45 bits per heavy atom. The average molecular weight is 471 g/mol. The molecule has 33 heavy (non-hydrogen) atoms. The van der Waals surface area contributed by atoms with Gasteiger partial charge in [0.2, 0.25) is 0 Å². The van der Waals surface area contributed by atoms with E-state index in [0.717, 1.165) is 29.6 Å². The predicted molar refractivity (Wildman–Crippen MR) is 160 cm³/mol. The van der Waals surface area contributed by atoms with E-state index in [2.05, 4.69) is 76.2 Å². The summed E-state index contributed by atoms with van der Waals surface area (Å²) in [5.74, 6) is 5.06. The Hall–Kier alpha value is 0. The van der Waals surface area contributed by atoms with E-state index in [1.165, 1.54) is 103 Å². The summed E-state index contributed by atoms with van der Waals surface area (Å²) in [5, 5.41) is 0. The molecule has 0 spiro atoms. The van der Waals surface area contributed by atoms with Crippen molar-refractivity contribution in [3.63, 3.8) is 0 Å². The van der Waals surface area contributed by atoms with Crippen molar-refractivity contribution in [2.45, 2.75) is 186 Å². The van der Waals surface area contributed by atoms with Crippen molar-refractivity contribution in [1.82, 2.24) is 0 Å². The molecule has 2 atom stereocenters. The molecule has 0 aromatic heterocycles.